The van der Waals surface area contributed by atoms with Gasteiger partial charge in [0.1, 0.15) is 6.49 Å². The molecule has 5 nitrogen and oxygen atoms in total. The third kappa shape index (κ3) is 2.72. The Bertz CT molecular complexity index is 414. The molecule has 0 unspecified atom stereocenters. The summed E-state index contributed by atoms with van der Waals surface area (Å²) in [6.45, 7) is 11.0. The van der Waals surface area contributed by atoms with Crippen LogP contribution in [0.15, 0.2) is 0 Å². The summed E-state index contributed by atoms with van der Waals surface area (Å²) in [7, 11) is 0. The number of nitrogens with zero attached hydrogens (tertiary/aromatic N) is 3. The highest BCUT2D eigenvalue weighted by atomic mass is 32.4. The van der Waals surface area contributed by atoms with Gasteiger partial charge in [0.25, 0.3) is 0 Å². The lowest BCUT2D eigenvalue weighted by molar-refractivity contribution is 0.00600. The molecule has 0 amide bonds. The van der Waals surface area contributed by atoms with E-state index in [-0.39, 0.29) is 11.1 Å². The first-order valence-corrected chi connectivity index (χ1v) is 10.2. The Morgan fingerprint density at radius 3 is 1.75 bits per heavy atom. The third-order valence-corrected chi connectivity index (χ3v) is 9.29. The molecule has 0 aromatic carbocycles. The first-order chi connectivity index (χ1) is 9.15. The molecule has 0 bridgehead atoms. The molecular formula is C13H26N4OPS-. The number of hydrogen-bond donors (Lipinski definition) is 1. The van der Waals surface area contributed by atoms with E-state index in [0.717, 1.165) is 39.0 Å². The minimum Gasteiger partial charge on any atom is -0.784 e. The van der Waals surface area contributed by atoms with Gasteiger partial charge in [-0.05, 0) is 52.3 Å². The highest BCUT2D eigenvalue weighted by Gasteiger charge is 2.47. The average Bonchev–Trinajstić information content (AvgIpc) is 3.15. The molecule has 3 saturated heterocycles. The fourth-order valence-corrected chi connectivity index (χ4v) is 7.60. The van der Waals surface area contributed by atoms with Gasteiger partial charge in [0, 0.05) is 43.3 Å². The van der Waals surface area contributed by atoms with Gasteiger partial charge in [0.05, 0.1) is 0 Å². The molecule has 116 valence electrons. The quantitative estimate of drug-likeness (QED) is 0.632. The third-order valence-electron chi connectivity index (χ3n) is 4.56. The van der Waals surface area contributed by atoms with E-state index >= 15 is 0 Å². The zero-order valence-electron chi connectivity index (χ0n) is 12.9. The molecule has 0 radical (unpaired) electrons. The molecule has 20 heavy (non-hydrogen) atoms. The van der Waals surface area contributed by atoms with Gasteiger partial charge >= 0.3 is 0 Å². The second-order valence-electron chi connectivity index (χ2n) is 7.60. The lowest BCUT2D eigenvalue weighted by Crippen LogP contribution is -2.61. The van der Waals surface area contributed by atoms with Crippen molar-refractivity contribution >= 4 is 18.3 Å². The highest BCUT2D eigenvalue weighted by molar-refractivity contribution is 8.11. The molecule has 3 aliphatic rings. The van der Waals surface area contributed by atoms with Crippen LogP contribution in [0.25, 0.3) is 0 Å². The minimum atomic E-state index is -1.71. The maximum absolute atomic E-state index is 12.4. The van der Waals surface area contributed by atoms with Gasteiger partial charge in [-0.1, -0.05) is 0 Å². The molecule has 3 heterocycles. The molecule has 0 aromatic heterocycles. The van der Waals surface area contributed by atoms with Crippen LogP contribution in [-0.2, 0) is 11.8 Å². The van der Waals surface area contributed by atoms with Crippen LogP contribution in [0.5, 0.6) is 0 Å². The van der Waals surface area contributed by atoms with E-state index < -0.39 is 6.49 Å². The molecule has 3 aliphatic heterocycles. The van der Waals surface area contributed by atoms with Crippen LogP contribution in [0.3, 0.4) is 0 Å². The summed E-state index contributed by atoms with van der Waals surface area (Å²) in [5, 5.41) is 17.5. The van der Waals surface area contributed by atoms with Gasteiger partial charge in [-0.25, -0.2) is 9.34 Å². The van der Waals surface area contributed by atoms with E-state index in [1.807, 2.05) is 27.7 Å². The van der Waals surface area contributed by atoms with Crippen LogP contribution < -0.4 is 5.09 Å². The summed E-state index contributed by atoms with van der Waals surface area (Å²) in [5.41, 5.74) is -0.644. The Kier molecular flexibility index (Phi) is 3.62. The Morgan fingerprint density at radius 1 is 1.00 bits per heavy atom. The van der Waals surface area contributed by atoms with Crippen LogP contribution in [0.1, 0.15) is 40.5 Å². The fraction of sp³-hybridized carbons (Fsp3) is 1.00. The molecule has 3 rings (SSSR count). The smallest absolute Gasteiger partial charge is 0.143 e. The molecule has 0 aliphatic carbocycles. The van der Waals surface area contributed by atoms with Gasteiger partial charge in [-0.15, -0.1) is 0 Å². The summed E-state index contributed by atoms with van der Waals surface area (Å²) >= 11 is 6.00. The Morgan fingerprint density at radius 2 is 1.40 bits per heavy atom. The van der Waals surface area contributed by atoms with Crippen LogP contribution >= 0.6 is 6.49 Å². The summed E-state index contributed by atoms with van der Waals surface area (Å²) in [6.07, 6.45) is 1.75. The highest BCUT2D eigenvalue weighted by Crippen LogP contribution is 2.58. The van der Waals surface area contributed by atoms with Crippen molar-refractivity contribution in [3.05, 3.63) is 5.21 Å². The van der Waals surface area contributed by atoms with Crippen molar-refractivity contribution in [1.82, 2.24) is 19.5 Å². The van der Waals surface area contributed by atoms with Crippen LogP contribution in [0.4, 0.5) is 0 Å². The van der Waals surface area contributed by atoms with E-state index in [1.54, 1.807) is 0 Å². The molecule has 0 atom stereocenters. The number of rotatable bonds is 4. The minimum absolute atomic E-state index is 0.322. The van der Waals surface area contributed by atoms with Crippen LogP contribution in [0.2, 0.25) is 0 Å². The zero-order valence-corrected chi connectivity index (χ0v) is 14.6. The van der Waals surface area contributed by atoms with Gasteiger partial charge < -0.3 is 10.3 Å². The average molecular weight is 317 g/mol. The largest absolute Gasteiger partial charge is 0.784 e. The van der Waals surface area contributed by atoms with Crippen molar-refractivity contribution in [1.29, 1.82) is 0 Å². The predicted octanol–water partition coefficient (Wildman–Crippen LogP) is 1.95. The standard InChI is InChI=1S/C13H26N4OPS/c1-12(2)9-11(10-13(3,4)17(12)18)14-19(20,15-5-6-15)16-7-8-16/h11H,5-10H2,1-4H3,(H,14,20)/q-1. The maximum atomic E-state index is 12.4. The van der Waals surface area contributed by atoms with Crippen molar-refractivity contribution < 1.29 is 0 Å². The van der Waals surface area contributed by atoms with Crippen molar-refractivity contribution in [2.75, 3.05) is 26.2 Å². The molecule has 0 saturated carbocycles. The van der Waals surface area contributed by atoms with Crippen molar-refractivity contribution in [2.24, 2.45) is 0 Å². The summed E-state index contributed by atoms with van der Waals surface area (Å²) in [6, 6.07) is 0.345. The topological polar surface area (TPSA) is 44.3 Å². The Hall–Kier alpha value is 0.450. The van der Waals surface area contributed by atoms with Crippen LogP contribution in [-0.4, -0.2) is 57.7 Å². The van der Waals surface area contributed by atoms with Gasteiger partial charge in [0.15, 0.2) is 0 Å². The molecule has 7 heteroatoms. The van der Waals surface area contributed by atoms with Crippen molar-refractivity contribution in [3.63, 3.8) is 0 Å². The maximum Gasteiger partial charge on any atom is 0.143 e. The number of piperidine rings is 1. The van der Waals surface area contributed by atoms with Crippen molar-refractivity contribution in [2.45, 2.75) is 57.7 Å². The lowest BCUT2D eigenvalue weighted by atomic mass is 9.79. The van der Waals surface area contributed by atoms with E-state index in [0.29, 0.717) is 6.04 Å². The first kappa shape index (κ1) is 15.3. The van der Waals surface area contributed by atoms with Gasteiger partial charge in [-0.2, -0.15) is 0 Å². The molecule has 0 aromatic rings. The summed E-state index contributed by atoms with van der Waals surface area (Å²) in [4.78, 5) is 0. The second-order valence-corrected chi connectivity index (χ2v) is 11.6. The Labute approximate surface area is 127 Å². The van der Waals surface area contributed by atoms with E-state index in [4.69, 9.17) is 11.8 Å². The van der Waals surface area contributed by atoms with E-state index in [9.17, 15) is 5.21 Å². The summed E-state index contributed by atoms with van der Waals surface area (Å²) in [5.74, 6) is 0. The lowest BCUT2D eigenvalue weighted by Gasteiger charge is -2.60. The fourth-order valence-electron chi connectivity index (χ4n) is 3.57. The normalized spacial score (nSPS) is 31.4. The molecular weight excluding hydrogens is 291 g/mol. The van der Waals surface area contributed by atoms with E-state index in [1.165, 1.54) is 5.06 Å². The number of hydrogen-bond acceptors (Lipinski definition) is 3. The van der Waals surface area contributed by atoms with Gasteiger partial charge in [-0.3, -0.25) is 5.09 Å². The van der Waals surface area contributed by atoms with E-state index in [2.05, 4.69) is 14.4 Å². The molecule has 0 spiro atoms. The monoisotopic (exact) mass is 317 g/mol. The van der Waals surface area contributed by atoms with Crippen molar-refractivity contribution in [3.8, 4) is 0 Å². The Balaban J connectivity index is 1.75. The zero-order chi connectivity index (χ0) is 14.8. The number of hydroxylamine groups is 2. The molecule has 3 fully saturated rings. The summed E-state index contributed by atoms with van der Waals surface area (Å²) < 4.78 is 4.83. The number of nitrogens with one attached hydrogen (secondary N) is 1. The second kappa shape index (κ2) is 4.72. The molecule has 1 N–H and O–H groups in total. The SMILES string of the molecule is CC1(C)CC(NP(=S)(N2CC2)N2CC2)CC(C)(C)N1[O-]. The van der Waals surface area contributed by atoms with Gasteiger partial charge in [0.2, 0.25) is 0 Å². The first-order valence-electron chi connectivity index (χ1n) is 7.51. The van der Waals surface area contributed by atoms with Crippen LogP contribution in [0, 0.1) is 5.21 Å². The predicted molar refractivity (Wildman–Crippen MR) is 87.0 cm³/mol.